The van der Waals surface area contributed by atoms with E-state index in [1.807, 2.05) is 109 Å². The van der Waals surface area contributed by atoms with E-state index in [0.717, 1.165) is 32.4 Å². The normalized spacial score (nSPS) is 21.3. The molecule has 1 aromatic heterocycles. The fraction of sp³-hybridized carbons (Fsp3) is 0.345. The van der Waals surface area contributed by atoms with Gasteiger partial charge in [0, 0.05) is 49.8 Å². The molecule has 11 N–H and O–H groups in total. The molecule has 1 aliphatic heterocycles. The van der Waals surface area contributed by atoms with Gasteiger partial charge in [0.05, 0.1) is 6.42 Å². The number of aromatic amines is 1. The first-order valence-corrected chi connectivity index (χ1v) is 24.7. The van der Waals surface area contributed by atoms with Gasteiger partial charge in [-0.05, 0) is 89.4 Å². The van der Waals surface area contributed by atoms with Gasteiger partial charge in [-0.15, -0.1) is 0 Å². The predicted molar refractivity (Wildman–Crippen MR) is 277 cm³/mol. The Labute approximate surface area is 422 Å². The highest BCUT2D eigenvalue weighted by Gasteiger charge is 2.35. The van der Waals surface area contributed by atoms with Crippen LogP contribution in [0.3, 0.4) is 0 Å². The maximum atomic E-state index is 14.9. The summed E-state index contributed by atoms with van der Waals surface area (Å²) in [6.45, 7) is 1.56. The summed E-state index contributed by atoms with van der Waals surface area (Å²) in [5, 5.41) is 33.8. The Morgan fingerprint density at radius 3 is 1.75 bits per heavy atom. The van der Waals surface area contributed by atoms with Crippen LogP contribution in [0.1, 0.15) is 68.6 Å². The van der Waals surface area contributed by atoms with Crippen molar-refractivity contribution in [3.63, 3.8) is 0 Å². The monoisotopic (exact) mass is 993 g/mol. The SMILES string of the molecule is CC(=O)N[C@H]1CC(=O)NCCCC[C@@H](C(=O)O)NC(=O)[C@H](Cc2ccc3ccccc3c2)NC(=O)[C@H](CCCCN)NC(=O)[C@@H](Cc2ccc3ccccc3c2)NC(=O)[C@H](Cc2c[nH]c3ccccc23)NC1=O. The summed E-state index contributed by atoms with van der Waals surface area (Å²) in [6.07, 6.45) is 2.52. The molecular formula is C55H63N9O9. The van der Waals surface area contributed by atoms with E-state index in [0.29, 0.717) is 36.1 Å². The van der Waals surface area contributed by atoms with Gasteiger partial charge in [0.15, 0.2) is 0 Å². The molecule has 0 radical (unpaired) electrons. The fourth-order valence-electron chi connectivity index (χ4n) is 9.15. The van der Waals surface area contributed by atoms with Crippen LogP contribution in [0.5, 0.6) is 0 Å². The largest absolute Gasteiger partial charge is 0.480 e. The Hall–Kier alpha value is -8.12. The number of H-pyrrole nitrogens is 1. The van der Waals surface area contributed by atoms with E-state index < -0.39 is 90.0 Å². The van der Waals surface area contributed by atoms with Crippen molar-refractivity contribution in [3.05, 3.63) is 132 Å². The second-order valence-electron chi connectivity index (χ2n) is 18.6. The second-order valence-corrected chi connectivity index (χ2v) is 18.6. The molecule has 0 bridgehead atoms. The number of nitrogens with two attached hydrogens (primary N) is 1. The van der Waals surface area contributed by atoms with E-state index >= 15 is 0 Å². The van der Waals surface area contributed by atoms with Crippen molar-refractivity contribution in [1.82, 2.24) is 42.2 Å². The minimum Gasteiger partial charge on any atom is -0.480 e. The number of carboxylic acid groups (broad SMARTS) is 1. The number of amides is 7. The first-order chi connectivity index (χ1) is 35.2. The number of carbonyl (C=O) groups excluding carboxylic acids is 7. The number of nitrogens with one attached hydrogen (secondary N) is 8. The van der Waals surface area contributed by atoms with Crippen molar-refractivity contribution in [3.8, 4) is 0 Å². The number of rotatable bonds is 12. The van der Waals surface area contributed by atoms with E-state index in [4.69, 9.17) is 5.73 Å². The van der Waals surface area contributed by atoms with Gasteiger partial charge < -0.3 is 53.0 Å². The topological polar surface area (TPSA) is 283 Å². The number of carbonyl (C=O) groups is 8. The van der Waals surface area contributed by atoms with Crippen LogP contribution in [0.25, 0.3) is 32.4 Å². The average molecular weight is 994 g/mol. The van der Waals surface area contributed by atoms with E-state index in [-0.39, 0.29) is 51.5 Å². The third-order valence-electron chi connectivity index (χ3n) is 13.0. The quantitative estimate of drug-likeness (QED) is 0.0799. The Morgan fingerprint density at radius 2 is 1.15 bits per heavy atom. The summed E-state index contributed by atoms with van der Waals surface area (Å²) >= 11 is 0. The minimum atomic E-state index is -1.42. The maximum Gasteiger partial charge on any atom is 0.326 e. The molecule has 0 spiro atoms. The van der Waals surface area contributed by atoms with Crippen molar-refractivity contribution in [2.24, 2.45) is 5.73 Å². The molecule has 7 rings (SSSR count). The molecular weight excluding hydrogens is 931 g/mol. The molecule has 1 aliphatic rings. The van der Waals surface area contributed by atoms with Gasteiger partial charge in [-0.3, -0.25) is 33.6 Å². The maximum absolute atomic E-state index is 14.9. The van der Waals surface area contributed by atoms with E-state index in [1.54, 1.807) is 6.20 Å². The minimum absolute atomic E-state index is 0.0281. The lowest BCUT2D eigenvalue weighted by atomic mass is 9.98. The number of hydrogen-bond donors (Lipinski definition) is 10. The van der Waals surface area contributed by atoms with Crippen LogP contribution in [0.4, 0.5) is 0 Å². The fourth-order valence-corrected chi connectivity index (χ4v) is 9.15. The second kappa shape index (κ2) is 25.3. The predicted octanol–water partition coefficient (Wildman–Crippen LogP) is 3.33. The summed E-state index contributed by atoms with van der Waals surface area (Å²) in [5.41, 5.74) is 8.64. The highest BCUT2D eigenvalue weighted by Crippen LogP contribution is 2.22. The van der Waals surface area contributed by atoms with Crippen molar-refractivity contribution >= 4 is 79.8 Å². The molecule has 1 fully saturated rings. The molecule has 6 atom stereocenters. The molecule has 18 heteroatoms. The molecule has 18 nitrogen and oxygen atoms in total. The summed E-state index contributed by atoms with van der Waals surface area (Å²) in [7, 11) is 0. The summed E-state index contributed by atoms with van der Waals surface area (Å²) in [4.78, 5) is 114. The van der Waals surface area contributed by atoms with Crippen molar-refractivity contribution < 1.29 is 43.5 Å². The number of para-hydroxylation sites is 1. The lowest BCUT2D eigenvalue weighted by Crippen LogP contribution is -2.60. The van der Waals surface area contributed by atoms with Gasteiger partial charge in [-0.1, -0.05) is 103 Å². The number of fused-ring (bicyclic) bond motifs is 3. The zero-order valence-electron chi connectivity index (χ0n) is 40.7. The molecule has 382 valence electrons. The molecule has 1 saturated heterocycles. The summed E-state index contributed by atoms with van der Waals surface area (Å²) in [5.74, 6) is -6.37. The molecule has 73 heavy (non-hydrogen) atoms. The number of aromatic nitrogens is 1. The zero-order chi connectivity index (χ0) is 51.9. The first kappa shape index (κ1) is 52.7. The van der Waals surface area contributed by atoms with Gasteiger partial charge in [0.1, 0.15) is 36.3 Å². The number of hydrogen-bond acceptors (Lipinski definition) is 9. The first-order valence-electron chi connectivity index (χ1n) is 24.7. The van der Waals surface area contributed by atoms with Crippen molar-refractivity contribution in [2.45, 2.75) is 107 Å². The zero-order valence-corrected chi connectivity index (χ0v) is 40.7. The number of carboxylic acids is 1. The van der Waals surface area contributed by atoms with Crippen LogP contribution in [-0.2, 0) is 57.6 Å². The lowest BCUT2D eigenvalue weighted by Gasteiger charge is -2.28. The Bertz CT molecular complexity index is 2970. The Kier molecular flexibility index (Phi) is 18.3. The van der Waals surface area contributed by atoms with Gasteiger partial charge >= 0.3 is 5.97 Å². The van der Waals surface area contributed by atoms with Crippen LogP contribution >= 0.6 is 0 Å². The van der Waals surface area contributed by atoms with Crippen LogP contribution in [0.2, 0.25) is 0 Å². The van der Waals surface area contributed by atoms with Gasteiger partial charge in [0.2, 0.25) is 41.4 Å². The third-order valence-corrected chi connectivity index (χ3v) is 13.0. The van der Waals surface area contributed by atoms with E-state index in [1.165, 1.54) is 6.92 Å². The van der Waals surface area contributed by atoms with Crippen LogP contribution in [0, 0.1) is 0 Å². The molecule has 0 unspecified atom stereocenters. The smallest absolute Gasteiger partial charge is 0.326 e. The van der Waals surface area contributed by atoms with Gasteiger partial charge in [0.25, 0.3) is 0 Å². The molecule has 0 saturated carbocycles. The van der Waals surface area contributed by atoms with Crippen LogP contribution in [-0.4, -0.2) is 107 Å². The highest BCUT2D eigenvalue weighted by atomic mass is 16.4. The van der Waals surface area contributed by atoms with Crippen LogP contribution < -0.4 is 43.0 Å². The Morgan fingerprint density at radius 1 is 0.616 bits per heavy atom. The summed E-state index contributed by atoms with van der Waals surface area (Å²) < 4.78 is 0. The van der Waals surface area contributed by atoms with Gasteiger partial charge in [-0.25, -0.2) is 4.79 Å². The van der Waals surface area contributed by atoms with Gasteiger partial charge in [-0.2, -0.15) is 0 Å². The number of benzene rings is 5. The number of unbranched alkanes of at least 4 members (excludes halogenated alkanes) is 1. The molecule has 2 heterocycles. The van der Waals surface area contributed by atoms with E-state index in [2.05, 4.69) is 42.2 Å². The summed E-state index contributed by atoms with van der Waals surface area (Å²) in [6, 6.07) is 25.8. The Balaban J connectivity index is 1.27. The lowest BCUT2D eigenvalue weighted by molar-refractivity contribution is -0.142. The highest BCUT2D eigenvalue weighted by molar-refractivity contribution is 5.98. The standard InChI is InChI=1S/C55H63N9O9/c1-33(65)59-48-31-49(66)57-25-11-9-19-44(55(72)73)61-52(69)46(29-35-21-23-37-13-3-5-15-39(37)27-35)62-50(67)43(18-8-10-24-56)60-51(68)45(28-34-20-22-36-12-2-4-14-38(36)26-34)63-53(70)47(64-54(48)71)30-40-32-58-42-17-7-6-16-41(40)42/h2-7,12-17,20-23,26-27,32,43-48,58H,8-11,18-19,24-25,28-31,56H2,1H3,(H,57,66)(H,59,65)(H,60,68)(H,61,69)(H,62,67)(H,63,70)(H,64,71)(H,72,73)/t43-,44-,45+,46-,47-,48-/m0/s1. The van der Waals surface area contributed by atoms with Crippen LogP contribution in [0.15, 0.2) is 115 Å². The van der Waals surface area contributed by atoms with Crippen molar-refractivity contribution in [2.75, 3.05) is 13.1 Å². The van der Waals surface area contributed by atoms with E-state index in [9.17, 15) is 43.5 Å². The number of aliphatic carboxylic acids is 1. The molecule has 5 aromatic carbocycles. The molecule has 6 aromatic rings. The average Bonchev–Trinajstić information content (AvgIpc) is 3.78. The molecule has 0 aliphatic carbocycles. The van der Waals surface area contributed by atoms with Crippen molar-refractivity contribution in [1.29, 1.82) is 0 Å². The third kappa shape index (κ3) is 14.7. The molecule has 7 amide bonds.